The van der Waals surface area contributed by atoms with Crippen LogP contribution in [-0.4, -0.2) is 34.2 Å². The molecule has 2 rings (SSSR count). The second-order valence-corrected chi connectivity index (χ2v) is 7.14. The lowest BCUT2D eigenvalue weighted by molar-refractivity contribution is 0.0658. The molecule has 1 aliphatic rings. The van der Waals surface area contributed by atoms with E-state index in [1.807, 2.05) is 0 Å². The van der Waals surface area contributed by atoms with E-state index in [1.54, 1.807) is 12.1 Å². The van der Waals surface area contributed by atoms with Crippen LogP contribution < -0.4 is 15.8 Å². The zero-order valence-corrected chi connectivity index (χ0v) is 12.6. The molecule has 1 aliphatic heterocycles. The molecular weight excluding hydrogens is 278 g/mol. The van der Waals surface area contributed by atoms with Crippen molar-refractivity contribution in [3.8, 4) is 0 Å². The van der Waals surface area contributed by atoms with Crippen LogP contribution in [0.25, 0.3) is 0 Å². The summed E-state index contributed by atoms with van der Waals surface area (Å²) in [5.74, 6) is 0. The van der Waals surface area contributed by atoms with Gasteiger partial charge in [-0.15, -0.1) is 0 Å². The zero-order valence-electron chi connectivity index (χ0n) is 11.8. The minimum Gasteiger partial charge on any atom is -0.397 e. The van der Waals surface area contributed by atoms with Crippen LogP contribution in [0.3, 0.4) is 0 Å². The van der Waals surface area contributed by atoms with E-state index in [0.29, 0.717) is 5.69 Å². The van der Waals surface area contributed by atoms with E-state index in [2.05, 4.69) is 17.0 Å². The first-order valence-electron chi connectivity index (χ1n) is 6.55. The summed E-state index contributed by atoms with van der Waals surface area (Å²) in [6.45, 7) is 3.55. The average Bonchev–Trinajstić information content (AvgIpc) is 2.41. The predicted octanol–water partition coefficient (Wildman–Crippen LogP) is 1.16. The van der Waals surface area contributed by atoms with Crippen molar-refractivity contribution in [1.82, 2.24) is 4.72 Å². The van der Waals surface area contributed by atoms with Gasteiger partial charge in [-0.3, -0.25) is 0 Å². The lowest BCUT2D eigenvalue weighted by Crippen LogP contribution is -2.40. The Hall–Kier alpha value is -1.31. The van der Waals surface area contributed by atoms with E-state index in [9.17, 15) is 8.42 Å². The number of hydrogen-bond acceptors (Lipinski definition) is 5. The molecule has 112 valence electrons. The Balaban J connectivity index is 2.22. The maximum atomic E-state index is 11.7. The highest BCUT2D eigenvalue weighted by molar-refractivity contribution is 7.89. The molecule has 0 atom stereocenters. The first kappa shape index (κ1) is 15.1. The molecule has 1 aromatic rings. The maximum absolute atomic E-state index is 11.7. The predicted molar refractivity (Wildman–Crippen MR) is 79.2 cm³/mol. The molecule has 1 saturated heterocycles. The number of ether oxygens (including phenoxy) is 1. The third-order valence-corrected chi connectivity index (χ3v) is 5.05. The number of rotatable bonds is 4. The molecule has 20 heavy (non-hydrogen) atoms. The molecule has 0 aromatic heterocycles. The molecule has 0 saturated carbocycles. The minimum absolute atomic E-state index is 0.0736. The Kier molecular flexibility index (Phi) is 4.22. The summed E-state index contributed by atoms with van der Waals surface area (Å²) in [6.07, 6.45) is 1.78. The van der Waals surface area contributed by atoms with Crippen LogP contribution >= 0.6 is 0 Å². The SMILES string of the molecule is CNS(=O)(=O)c1ccc(NC2(C)CCOCC2)c(N)c1. The molecule has 6 nitrogen and oxygen atoms in total. The number of hydrogen-bond donors (Lipinski definition) is 3. The Morgan fingerprint density at radius 2 is 1.95 bits per heavy atom. The van der Waals surface area contributed by atoms with Crippen LogP contribution in [-0.2, 0) is 14.8 Å². The van der Waals surface area contributed by atoms with Crippen molar-refractivity contribution >= 4 is 21.4 Å². The molecule has 0 aliphatic carbocycles. The Morgan fingerprint density at radius 1 is 1.30 bits per heavy atom. The van der Waals surface area contributed by atoms with Gasteiger partial charge in [-0.25, -0.2) is 13.1 Å². The molecule has 0 amide bonds. The second kappa shape index (κ2) is 5.59. The van der Waals surface area contributed by atoms with Gasteiger partial charge in [0.2, 0.25) is 10.0 Å². The standard InChI is InChI=1S/C13H21N3O3S/c1-13(5-7-19-8-6-13)16-12-4-3-10(9-11(12)14)20(17,18)15-2/h3-4,9,15-16H,5-8,14H2,1-2H3. The maximum Gasteiger partial charge on any atom is 0.240 e. The summed E-state index contributed by atoms with van der Waals surface area (Å²) in [7, 11) is -2.09. The smallest absolute Gasteiger partial charge is 0.240 e. The van der Waals surface area contributed by atoms with Crippen LogP contribution in [0, 0.1) is 0 Å². The zero-order chi connectivity index (χ0) is 14.8. The van der Waals surface area contributed by atoms with Crippen molar-refractivity contribution in [2.24, 2.45) is 0 Å². The molecule has 0 radical (unpaired) electrons. The molecule has 0 unspecified atom stereocenters. The van der Waals surface area contributed by atoms with Crippen LogP contribution in [0.4, 0.5) is 11.4 Å². The van der Waals surface area contributed by atoms with Crippen molar-refractivity contribution in [2.75, 3.05) is 31.3 Å². The van der Waals surface area contributed by atoms with Gasteiger partial charge in [-0.1, -0.05) is 0 Å². The van der Waals surface area contributed by atoms with Gasteiger partial charge < -0.3 is 15.8 Å². The lowest BCUT2D eigenvalue weighted by atomic mass is 9.92. The van der Waals surface area contributed by atoms with E-state index < -0.39 is 10.0 Å². The largest absolute Gasteiger partial charge is 0.397 e. The number of benzene rings is 1. The second-order valence-electron chi connectivity index (χ2n) is 5.25. The fourth-order valence-corrected chi connectivity index (χ4v) is 2.98. The van der Waals surface area contributed by atoms with Crippen molar-refractivity contribution in [1.29, 1.82) is 0 Å². The number of anilines is 2. The molecule has 1 heterocycles. The van der Waals surface area contributed by atoms with Crippen LogP contribution in [0.15, 0.2) is 23.1 Å². The third kappa shape index (κ3) is 3.23. The fourth-order valence-electron chi connectivity index (χ4n) is 2.21. The fraction of sp³-hybridized carbons (Fsp3) is 0.538. The monoisotopic (exact) mass is 299 g/mol. The Morgan fingerprint density at radius 3 is 2.50 bits per heavy atom. The van der Waals surface area contributed by atoms with Gasteiger partial charge in [0, 0.05) is 18.8 Å². The highest BCUT2D eigenvalue weighted by Gasteiger charge is 2.27. The summed E-state index contributed by atoms with van der Waals surface area (Å²) in [5, 5.41) is 3.40. The number of nitrogens with two attached hydrogens (primary N) is 1. The first-order chi connectivity index (χ1) is 9.36. The molecule has 7 heteroatoms. The van der Waals surface area contributed by atoms with E-state index in [0.717, 1.165) is 31.7 Å². The number of nitrogens with one attached hydrogen (secondary N) is 2. The van der Waals surface area contributed by atoms with E-state index in [4.69, 9.17) is 10.5 Å². The summed E-state index contributed by atoms with van der Waals surface area (Å²) >= 11 is 0. The van der Waals surface area contributed by atoms with E-state index in [-0.39, 0.29) is 10.4 Å². The van der Waals surface area contributed by atoms with Gasteiger partial charge in [0.1, 0.15) is 0 Å². The molecule has 1 fully saturated rings. The van der Waals surface area contributed by atoms with Crippen LogP contribution in [0.5, 0.6) is 0 Å². The average molecular weight is 299 g/mol. The van der Waals surface area contributed by atoms with Gasteiger partial charge in [0.15, 0.2) is 0 Å². The van der Waals surface area contributed by atoms with Gasteiger partial charge in [-0.2, -0.15) is 0 Å². The highest BCUT2D eigenvalue weighted by atomic mass is 32.2. The number of sulfonamides is 1. The minimum atomic E-state index is -3.46. The summed E-state index contributed by atoms with van der Waals surface area (Å²) in [4.78, 5) is 0.167. The highest BCUT2D eigenvalue weighted by Crippen LogP contribution is 2.30. The Bertz CT molecular complexity index is 581. The molecule has 4 N–H and O–H groups in total. The van der Waals surface area contributed by atoms with Gasteiger partial charge in [0.25, 0.3) is 0 Å². The van der Waals surface area contributed by atoms with Crippen molar-refractivity contribution in [2.45, 2.75) is 30.2 Å². The quantitative estimate of drug-likeness (QED) is 0.725. The van der Waals surface area contributed by atoms with Crippen LogP contribution in [0.1, 0.15) is 19.8 Å². The van der Waals surface area contributed by atoms with E-state index in [1.165, 1.54) is 13.1 Å². The van der Waals surface area contributed by atoms with Crippen molar-refractivity contribution < 1.29 is 13.2 Å². The third-order valence-electron chi connectivity index (χ3n) is 3.63. The van der Waals surface area contributed by atoms with E-state index >= 15 is 0 Å². The Labute approximate surface area is 119 Å². The van der Waals surface area contributed by atoms with Gasteiger partial charge >= 0.3 is 0 Å². The lowest BCUT2D eigenvalue weighted by Gasteiger charge is -2.35. The number of nitrogen functional groups attached to an aromatic ring is 1. The summed E-state index contributed by atoms with van der Waals surface area (Å²) in [6, 6.07) is 4.73. The normalized spacial score (nSPS) is 18.7. The van der Waals surface area contributed by atoms with Gasteiger partial charge in [-0.05, 0) is 45.0 Å². The molecule has 0 spiro atoms. The van der Waals surface area contributed by atoms with Crippen LogP contribution in [0.2, 0.25) is 0 Å². The van der Waals surface area contributed by atoms with Gasteiger partial charge in [0.05, 0.1) is 16.3 Å². The molecule has 1 aromatic carbocycles. The molecule has 0 bridgehead atoms. The summed E-state index contributed by atoms with van der Waals surface area (Å²) < 4.78 is 31.1. The first-order valence-corrected chi connectivity index (χ1v) is 8.04. The topological polar surface area (TPSA) is 93.5 Å². The van der Waals surface area contributed by atoms with Crippen molar-refractivity contribution in [3.63, 3.8) is 0 Å². The van der Waals surface area contributed by atoms with Crippen molar-refractivity contribution in [3.05, 3.63) is 18.2 Å². The molecular formula is C13H21N3O3S. The summed E-state index contributed by atoms with van der Waals surface area (Å²) in [5.41, 5.74) is 7.07.